The van der Waals surface area contributed by atoms with E-state index in [4.69, 9.17) is 4.42 Å². The quantitative estimate of drug-likeness (QED) is 0.631. The van der Waals surface area contributed by atoms with E-state index in [1.165, 1.54) is 0 Å². The van der Waals surface area contributed by atoms with Crippen LogP contribution in [0.1, 0.15) is 5.69 Å². The zero-order valence-electron chi connectivity index (χ0n) is 9.12. The molecule has 17 heavy (non-hydrogen) atoms. The lowest BCUT2D eigenvalue weighted by Crippen LogP contribution is -1.88. The lowest BCUT2D eigenvalue weighted by Gasteiger charge is -1.98. The number of imidazole rings is 1. The summed E-state index contributed by atoms with van der Waals surface area (Å²) in [6.45, 7) is 1.90. The summed E-state index contributed by atoms with van der Waals surface area (Å²) in [5, 5.41) is 3.07. The second-order valence-electron chi connectivity index (χ2n) is 3.71. The molecule has 3 rings (SSSR count). The Labute approximate surface area is 96.7 Å². The minimum absolute atomic E-state index is 0.271. The molecule has 3 heterocycles. The Hall–Kier alpha value is -2.43. The molecule has 0 aliphatic heterocycles. The van der Waals surface area contributed by atoms with Gasteiger partial charge in [-0.25, -0.2) is 4.98 Å². The van der Waals surface area contributed by atoms with E-state index >= 15 is 0 Å². The van der Waals surface area contributed by atoms with Crippen LogP contribution in [0.2, 0.25) is 0 Å². The summed E-state index contributed by atoms with van der Waals surface area (Å²) < 4.78 is 6.97. The molecule has 5 nitrogen and oxygen atoms in total. The van der Waals surface area contributed by atoms with E-state index in [0.29, 0.717) is 17.1 Å². The largest absolute Gasteiger partial charge is 0.463 e. The van der Waals surface area contributed by atoms with Gasteiger partial charge in [0.2, 0.25) is 5.82 Å². The third-order valence-corrected chi connectivity index (χ3v) is 2.66. The summed E-state index contributed by atoms with van der Waals surface area (Å²) in [6, 6.07) is 9.12. The van der Waals surface area contributed by atoms with Crippen molar-refractivity contribution in [1.82, 2.24) is 9.38 Å². The van der Waals surface area contributed by atoms with E-state index in [1.807, 2.05) is 25.1 Å². The molecule has 0 aromatic carbocycles. The molecule has 0 saturated heterocycles. The number of rotatable bonds is 2. The highest BCUT2D eigenvalue weighted by Crippen LogP contribution is 2.31. The molecule has 0 bridgehead atoms. The first-order valence-electron chi connectivity index (χ1n) is 5.16. The summed E-state index contributed by atoms with van der Waals surface area (Å²) in [5.74, 6) is 0.816. The molecule has 3 aromatic rings. The number of pyridine rings is 1. The molecule has 0 unspecified atom stereocenters. The molecule has 3 aromatic heterocycles. The molecular formula is C12H9N3O2. The Kier molecular flexibility index (Phi) is 2.04. The highest BCUT2D eigenvalue weighted by atomic mass is 16.3. The number of hydrogen-bond acceptors (Lipinski definition) is 4. The number of nitroso groups, excluding NO2 is 1. The van der Waals surface area contributed by atoms with E-state index < -0.39 is 0 Å². The number of nitrogens with zero attached hydrogens (tertiary/aromatic N) is 3. The smallest absolute Gasteiger partial charge is 0.213 e. The van der Waals surface area contributed by atoms with Crippen molar-refractivity contribution in [3.63, 3.8) is 0 Å². The summed E-state index contributed by atoms with van der Waals surface area (Å²) >= 11 is 0. The molecule has 0 fully saturated rings. The Bertz CT molecular complexity index is 683. The topological polar surface area (TPSA) is 59.9 Å². The maximum Gasteiger partial charge on any atom is 0.213 e. The van der Waals surface area contributed by atoms with Crippen LogP contribution in [-0.2, 0) is 0 Å². The summed E-state index contributed by atoms with van der Waals surface area (Å²) in [4.78, 5) is 15.4. The van der Waals surface area contributed by atoms with Gasteiger partial charge in [0.25, 0.3) is 0 Å². The van der Waals surface area contributed by atoms with Gasteiger partial charge in [0.15, 0.2) is 11.5 Å². The molecule has 0 atom stereocenters. The van der Waals surface area contributed by atoms with Gasteiger partial charge in [-0.15, -0.1) is 4.91 Å². The first-order valence-corrected chi connectivity index (χ1v) is 5.16. The number of aryl methyl sites for hydroxylation is 1. The Morgan fingerprint density at radius 1 is 1.29 bits per heavy atom. The Morgan fingerprint density at radius 2 is 2.18 bits per heavy atom. The lowest BCUT2D eigenvalue weighted by molar-refractivity contribution is 0.580. The number of aromatic nitrogens is 2. The average molecular weight is 227 g/mol. The van der Waals surface area contributed by atoms with Crippen LogP contribution in [0.3, 0.4) is 0 Å². The molecule has 0 radical (unpaired) electrons. The van der Waals surface area contributed by atoms with E-state index in [0.717, 1.165) is 5.69 Å². The molecule has 84 valence electrons. The van der Waals surface area contributed by atoms with Crippen LogP contribution < -0.4 is 0 Å². The fourth-order valence-corrected chi connectivity index (χ4v) is 1.90. The summed E-state index contributed by atoms with van der Waals surface area (Å²) in [6.07, 6.45) is 1.54. The Balaban J connectivity index is 2.41. The van der Waals surface area contributed by atoms with Crippen molar-refractivity contribution in [3.05, 3.63) is 47.2 Å². The molecule has 0 N–H and O–H groups in total. The van der Waals surface area contributed by atoms with Gasteiger partial charge in [-0.05, 0) is 36.4 Å². The van der Waals surface area contributed by atoms with Gasteiger partial charge >= 0.3 is 0 Å². The molecule has 0 amide bonds. The molecule has 0 aliphatic carbocycles. The zero-order chi connectivity index (χ0) is 11.8. The minimum atomic E-state index is 0.271. The van der Waals surface area contributed by atoms with Crippen LogP contribution in [0.5, 0.6) is 0 Å². The van der Waals surface area contributed by atoms with E-state index in [1.54, 1.807) is 22.8 Å². The highest BCUT2D eigenvalue weighted by molar-refractivity contribution is 5.71. The van der Waals surface area contributed by atoms with Crippen molar-refractivity contribution in [1.29, 1.82) is 0 Å². The van der Waals surface area contributed by atoms with E-state index in [2.05, 4.69) is 10.2 Å². The lowest BCUT2D eigenvalue weighted by atomic mass is 10.3. The second kappa shape index (κ2) is 3.55. The van der Waals surface area contributed by atoms with Gasteiger partial charge in [-0.2, -0.15) is 0 Å². The van der Waals surface area contributed by atoms with Crippen LogP contribution in [0.25, 0.3) is 17.1 Å². The van der Waals surface area contributed by atoms with Crippen LogP contribution in [-0.4, -0.2) is 9.38 Å². The first-order chi connectivity index (χ1) is 8.31. The van der Waals surface area contributed by atoms with Crippen LogP contribution in [0, 0.1) is 11.8 Å². The van der Waals surface area contributed by atoms with Crippen LogP contribution in [0.4, 0.5) is 5.82 Å². The van der Waals surface area contributed by atoms with E-state index in [-0.39, 0.29) is 5.82 Å². The summed E-state index contributed by atoms with van der Waals surface area (Å²) in [7, 11) is 0. The predicted octanol–water partition coefficient (Wildman–Crippen LogP) is 3.30. The second-order valence-corrected chi connectivity index (χ2v) is 3.71. The number of hydrogen-bond donors (Lipinski definition) is 0. The monoisotopic (exact) mass is 227 g/mol. The van der Waals surface area contributed by atoms with Gasteiger partial charge in [-0.1, -0.05) is 6.07 Å². The zero-order valence-corrected chi connectivity index (χ0v) is 9.12. The third kappa shape index (κ3) is 1.36. The molecule has 0 saturated carbocycles. The predicted molar refractivity (Wildman–Crippen MR) is 63.1 cm³/mol. The van der Waals surface area contributed by atoms with Crippen LogP contribution >= 0.6 is 0 Å². The van der Waals surface area contributed by atoms with Gasteiger partial charge in [0.05, 0.1) is 6.26 Å². The maximum absolute atomic E-state index is 11.0. The Morgan fingerprint density at radius 3 is 2.88 bits per heavy atom. The molecule has 5 heteroatoms. The van der Waals surface area contributed by atoms with E-state index in [9.17, 15) is 4.91 Å². The number of furan rings is 1. The average Bonchev–Trinajstić information content (AvgIpc) is 2.95. The molecule has 0 spiro atoms. The van der Waals surface area contributed by atoms with Crippen molar-refractivity contribution in [2.24, 2.45) is 5.18 Å². The SMILES string of the molecule is Cc1cccc2nc(-c3ccco3)c(N=O)n12. The maximum atomic E-state index is 11.0. The highest BCUT2D eigenvalue weighted by Gasteiger charge is 2.17. The minimum Gasteiger partial charge on any atom is -0.463 e. The first kappa shape index (κ1) is 9.77. The number of fused-ring (bicyclic) bond motifs is 1. The van der Waals surface area contributed by atoms with Gasteiger partial charge < -0.3 is 4.42 Å². The van der Waals surface area contributed by atoms with Crippen LogP contribution in [0.15, 0.2) is 46.2 Å². The molecular weight excluding hydrogens is 218 g/mol. The fraction of sp³-hybridized carbons (Fsp3) is 0.0833. The summed E-state index contributed by atoms with van der Waals surface area (Å²) in [5.41, 5.74) is 2.06. The van der Waals surface area contributed by atoms with Gasteiger partial charge in [0, 0.05) is 5.69 Å². The fourth-order valence-electron chi connectivity index (χ4n) is 1.90. The van der Waals surface area contributed by atoms with Crippen molar-refractivity contribution >= 4 is 11.5 Å². The standard InChI is InChI=1S/C12H9N3O2/c1-8-4-2-6-10-13-11(9-5-3-7-17-9)12(14-16)15(8)10/h2-7H,1H3. The van der Waals surface area contributed by atoms with Gasteiger partial charge in [-0.3, -0.25) is 4.40 Å². The third-order valence-electron chi connectivity index (χ3n) is 2.66. The van der Waals surface area contributed by atoms with Crippen molar-refractivity contribution < 1.29 is 4.42 Å². The van der Waals surface area contributed by atoms with Crippen molar-refractivity contribution in [3.8, 4) is 11.5 Å². The van der Waals surface area contributed by atoms with Gasteiger partial charge in [0.1, 0.15) is 5.65 Å². The molecule has 0 aliphatic rings. The van der Waals surface area contributed by atoms with Crippen molar-refractivity contribution in [2.45, 2.75) is 6.92 Å². The van der Waals surface area contributed by atoms with Crippen molar-refractivity contribution in [2.75, 3.05) is 0 Å². The normalized spacial score (nSPS) is 10.9.